The third-order valence-electron chi connectivity index (χ3n) is 19.8. The summed E-state index contributed by atoms with van der Waals surface area (Å²) < 4.78 is 304. The van der Waals surface area contributed by atoms with Gasteiger partial charge in [0, 0.05) is 74.0 Å². The number of fused-ring (bicyclic) bond motifs is 8. The van der Waals surface area contributed by atoms with E-state index in [9.17, 15) is 104 Å². The fourth-order valence-electron chi connectivity index (χ4n) is 15.8. The van der Waals surface area contributed by atoms with Crippen LogP contribution in [0.25, 0.3) is 46.4 Å². The van der Waals surface area contributed by atoms with Gasteiger partial charge in [-0.1, -0.05) is 46.6 Å². The third-order valence-corrected chi connectivity index (χ3v) is 31.6. The molecule has 12 unspecified atom stereocenters. The molecule has 30 nitrogen and oxygen atoms in total. The van der Waals surface area contributed by atoms with Crippen LogP contribution in [0.2, 0.25) is 0 Å². The number of aromatic amines is 2. The van der Waals surface area contributed by atoms with E-state index in [0.29, 0.717) is 0 Å². The molecule has 0 saturated heterocycles. The molecule has 3 radical (unpaired) electrons. The first kappa shape index (κ1) is 85.5. The van der Waals surface area contributed by atoms with Gasteiger partial charge in [0.25, 0.3) is 0 Å². The molecule has 0 fully saturated rings. The number of carbonyl (C=O) groups is 1. The van der Waals surface area contributed by atoms with Gasteiger partial charge < -0.3 is 56.3 Å². The summed E-state index contributed by atoms with van der Waals surface area (Å²) in [6.07, 6.45) is 3.67. The molecule has 2 aliphatic heterocycles. The number of carbonyl (C=O) groups excluding carboxylic acids is 1. The van der Waals surface area contributed by atoms with E-state index in [1.165, 1.54) is 76.3 Å². The Morgan fingerprint density at radius 3 is 0.636 bits per heavy atom. The summed E-state index contributed by atoms with van der Waals surface area (Å²) in [6.45, 7) is 12.8. The molecule has 8 bridgehead atoms. The number of nitrogens with zero attached hydrogens (tertiary/aromatic N) is 2. The molecular weight excluding hydrogens is 1590 g/mol. The van der Waals surface area contributed by atoms with Crippen molar-refractivity contribution in [3.8, 4) is 0 Å². The van der Waals surface area contributed by atoms with Crippen molar-refractivity contribution in [2.45, 2.75) is 177 Å². The molecule has 99 heavy (non-hydrogen) atoms. The number of aliphatic carboxylic acids is 1. The van der Waals surface area contributed by atoms with Gasteiger partial charge in [-0.25, -0.2) is 77.3 Å². The first-order valence-electron chi connectivity index (χ1n) is 28.7. The number of hydrogen-bond acceptors (Lipinski definition) is 28. The number of H-pyrrole nitrogens is 2. The Balaban J connectivity index is 0.00000246. The topological polar surface area (TPSA) is 555 Å². The Bertz CT molecular complexity index is 4670. The quantitative estimate of drug-likeness (QED) is 0.102. The van der Waals surface area contributed by atoms with E-state index in [0.717, 1.165) is 86.6 Å². The van der Waals surface area contributed by atoms with Gasteiger partial charge in [-0.2, -0.15) is 0 Å². The van der Waals surface area contributed by atoms with E-state index in [-0.39, 0.29) is 141 Å². The minimum atomic E-state index is -5.86. The van der Waals surface area contributed by atoms with Crippen molar-refractivity contribution in [1.82, 2.24) is 19.9 Å². The number of nitrogens with one attached hydrogen (secondary N) is 2. The normalized spacial score (nSPS) is 31.5. The number of carboxylic acids is 1. The Hall–Kier alpha value is -4.13. The van der Waals surface area contributed by atoms with Gasteiger partial charge in [-0.05, 0) is 164 Å². The van der Waals surface area contributed by atoms with Crippen molar-refractivity contribution in [3.63, 3.8) is 0 Å². The molecule has 41 heteroatoms. The summed E-state index contributed by atoms with van der Waals surface area (Å²) in [4.78, 5) is 24.9. The maximum absolute atomic E-state index is 14.1. The summed E-state index contributed by atoms with van der Waals surface area (Å²) in [5.41, 5.74) is -4.92. The minimum absolute atomic E-state index is 0. The summed E-state index contributed by atoms with van der Waals surface area (Å²) in [5.74, 6) is -8.61. The molecule has 0 spiro atoms. The number of carboxylic acid groups (broad SMARTS) is 1. The van der Waals surface area contributed by atoms with Gasteiger partial charge in [0.1, 0.15) is 80.9 Å². The number of rotatable bonds is 12. The Labute approximate surface area is 606 Å². The molecule has 0 amide bonds. The van der Waals surface area contributed by atoms with Crippen LogP contribution in [0.15, 0.2) is 70.9 Å². The van der Waals surface area contributed by atoms with Gasteiger partial charge >= 0.3 is 51.2 Å². The van der Waals surface area contributed by atoms with Crippen LogP contribution in [0.3, 0.4) is 0 Å². The van der Waals surface area contributed by atoms with Crippen molar-refractivity contribution in [2.24, 2.45) is 0 Å². The van der Waals surface area contributed by atoms with Crippen LogP contribution < -0.4 is 5.11 Å². The fraction of sp³-hybridized carbons (Fsp3) is 0.500. The second-order valence-electron chi connectivity index (χ2n) is 27.3. The van der Waals surface area contributed by atoms with Crippen LogP contribution in [-0.4, -0.2) is 168 Å². The number of aromatic nitrogens is 4. The van der Waals surface area contributed by atoms with Crippen molar-refractivity contribution in [2.75, 3.05) is 0 Å². The predicted octanol–water partition coefficient (Wildman–Crippen LogP) is 3.57. The Morgan fingerprint density at radius 2 is 0.505 bits per heavy atom. The molecule has 5 heterocycles. The van der Waals surface area contributed by atoms with Crippen molar-refractivity contribution >= 4 is 133 Å². The summed E-state index contributed by atoms with van der Waals surface area (Å²) in [7, 11) is -45.5. The van der Waals surface area contributed by atoms with Crippen LogP contribution in [0.1, 0.15) is 184 Å². The monoisotopic (exact) mass is 1660 g/mol. The second kappa shape index (κ2) is 26.5. The van der Waals surface area contributed by atoms with Gasteiger partial charge in [0.15, 0.2) is 0 Å². The molecule has 9 rings (SSSR count). The molecule has 545 valence electrons. The zero-order valence-corrected chi connectivity index (χ0v) is 64.2. The molecule has 4 aliphatic carbocycles. The number of hydrogen-bond donors (Lipinski definition) is 2. The molecule has 6 aliphatic rings. The van der Waals surface area contributed by atoms with Crippen LogP contribution in [0.5, 0.6) is 0 Å². The largest absolute Gasteiger partial charge is 3.00 e. The van der Waals surface area contributed by atoms with E-state index < -0.39 is 174 Å². The SMILES string of the molecule is CC(=O)[O-].CC1=CC(C)(S(=O)(=O)[O-])CC(C)(S(=O)(=O)[O-])C1c1c2nc(c(C3C(C)=CC(C)(S(=O)(=O)[O-])CC3(C)S(=O)(=O)[O-])c3ccc([nH]3)c(C3C(C)=CC(C)(S(=O)(=O)[O-])CC3(C)S(=O)(=O)[O-])c3nc(c(C4C(C)=CC(C)(S(=O)(=O)[O-])CC4(C)S(=O)(=O)[O-])c4ccc1[nH]4)C=C3)C=C2.[Fe+3].[Fe+3].[Fe+3]. The molecule has 12 atom stereocenters. The standard InChI is InChI=1S/C56H70N4O24S8.C2H4O2.3Fe/c1-29-21-49(5,85(61,62)63)25-53(9,89(73,74)75)45(29)41-33-13-15-35(57-33)42(46-30(2)22-50(6,86(64,65)66)26-54(46,10)90(76,77)78)37-17-19-39(59-37)44(48-32(4)24-52(8,88(70,71)72)28-56(48,12)92(82,83)84)40-20-18-38(60-40)43(36-16-14-34(41)58-36)47-31(3)23-51(7,87(67,68)69)27-55(47,11)91(79,80)81;1-2(3)4;;;/h13-24,45-48,57,60H,25-28H2,1-12H3,(H,61,62,63)(H,64,65,66)(H,67,68,69)(H,70,71,72)(H,73,74,75)(H,76,77,78)(H,79,80,81)(H,82,83,84);1H3,(H,3,4);;;/q;;3*+3/p-9. The fourth-order valence-corrected chi connectivity index (χ4v) is 23.7. The van der Waals surface area contributed by atoms with Crippen LogP contribution in [-0.2, 0) is 137 Å². The molecular formula is C58H65Fe3N4O26S8. The van der Waals surface area contributed by atoms with E-state index >= 15 is 0 Å². The zero-order chi connectivity index (χ0) is 73.3. The smallest absolute Gasteiger partial charge is 0.747 e. The average Bonchev–Trinajstić information content (AvgIpc) is 1.68. The van der Waals surface area contributed by atoms with E-state index in [1.807, 2.05) is 0 Å². The van der Waals surface area contributed by atoms with Crippen LogP contribution >= 0.6 is 0 Å². The summed E-state index contributed by atoms with van der Waals surface area (Å²) in [5, 5.41) is 8.89. The minimum Gasteiger partial charge on any atom is -0.747 e. The van der Waals surface area contributed by atoms with Crippen molar-refractivity contribution < 1.29 is 165 Å². The van der Waals surface area contributed by atoms with Crippen molar-refractivity contribution in [1.29, 1.82) is 0 Å². The second-order valence-corrected chi connectivity index (χ2v) is 42.0. The Kier molecular flexibility index (Phi) is 22.9. The Morgan fingerprint density at radius 1 is 0.354 bits per heavy atom. The molecule has 3 aromatic rings. The van der Waals surface area contributed by atoms with Crippen molar-refractivity contribution in [3.05, 3.63) is 116 Å². The molecule has 0 saturated carbocycles. The van der Waals surface area contributed by atoms with E-state index in [1.54, 1.807) is 0 Å². The van der Waals surface area contributed by atoms with Crippen LogP contribution in [0, 0.1) is 0 Å². The van der Waals surface area contributed by atoms with Gasteiger partial charge in [0.2, 0.25) is 0 Å². The first-order chi connectivity index (χ1) is 42.9. The van der Waals surface area contributed by atoms with E-state index in [4.69, 9.17) is 19.9 Å². The predicted molar refractivity (Wildman–Crippen MR) is 339 cm³/mol. The first-order valence-corrected chi connectivity index (χ1v) is 39.9. The van der Waals surface area contributed by atoms with Gasteiger partial charge in [-0.15, -0.1) is 0 Å². The summed E-state index contributed by atoms with van der Waals surface area (Å²) >= 11 is 0. The van der Waals surface area contributed by atoms with Gasteiger partial charge in [-0.3, -0.25) is 0 Å². The van der Waals surface area contributed by atoms with E-state index in [2.05, 4.69) is 9.97 Å². The maximum atomic E-state index is 14.1. The summed E-state index contributed by atoms with van der Waals surface area (Å²) in [6, 6.07) is 4.89. The van der Waals surface area contributed by atoms with Gasteiger partial charge in [0.05, 0.1) is 60.8 Å². The third kappa shape index (κ3) is 14.2. The zero-order valence-electron chi connectivity index (χ0n) is 54.4. The number of allylic oxidation sites excluding steroid dienone is 4. The average molecular weight is 1660 g/mol. The van der Waals surface area contributed by atoms with Crippen LogP contribution in [0.4, 0.5) is 0 Å². The molecule has 2 N–H and O–H groups in total. The molecule has 0 aromatic carbocycles. The maximum Gasteiger partial charge on any atom is 3.00 e. The molecule has 3 aromatic heterocycles.